The average molecular weight is 1510 g/mol. The maximum atomic E-state index is 14.5. The molecule has 0 aliphatic heterocycles. The van der Waals surface area contributed by atoms with Crippen molar-refractivity contribution in [2.24, 2.45) is 11.8 Å². The molecule has 0 aromatic heterocycles. The number of nitrogens with zero attached hydrogens (tertiary/aromatic N) is 3. The monoisotopic (exact) mass is 1510 g/mol. The van der Waals surface area contributed by atoms with Gasteiger partial charge in [0.25, 0.3) is 0 Å². The van der Waals surface area contributed by atoms with Crippen molar-refractivity contribution >= 4 is 53.9 Å². The summed E-state index contributed by atoms with van der Waals surface area (Å²) < 4.78 is 28.8. The molecule has 0 rings (SSSR count). The van der Waals surface area contributed by atoms with Crippen molar-refractivity contribution in [1.29, 1.82) is 0 Å². The largest absolute Gasteiger partial charge is 0.508 e. The smallest absolute Gasteiger partial charge is 0.480 e. The van der Waals surface area contributed by atoms with Crippen LogP contribution < -0.4 is 0 Å². The maximum absolute atomic E-state index is 14.5. The molecule has 0 fully saturated rings. The van der Waals surface area contributed by atoms with E-state index in [1.165, 1.54) is 236 Å². The van der Waals surface area contributed by atoms with Gasteiger partial charge in [0.15, 0.2) is 6.10 Å². The summed E-state index contributed by atoms with van der Waals surface area (Å²) in [5.74, 6) is -9.27. The first-order valence-electron chi connectivity index (χ1n) is 43.0. The highest BCUT2D eigenvalue weighted by Crippen LogP contribution is 2.26. The number of esters is 3. The average Bonchev–Trinajstić information content (AvgIpc) is 0.875. The number of carboxylic acid groups (broad SMARTS) is 5. The van der Waals surface area contributed by atoms with Crippen molar-refractivity contribution in [1.82, 2.24) is 14.7 Å². The predicted octanol–water partition coefficient (Wildman–Crippen LogP) is 19.6. The van der Waals surface area contributed by atoms with E-state index in [0.29, 0.717) is 25.7 Å². The van der Waals surface area contributed by atoms with Gasteiger partial charge in [-0.05, 0) is 38.5 Å². The summed E-state index contributed by atoms with van der Waals surface area (Å²) in [7, 11) is 0. The summed E-state index contributed by atoms with van der Waals surface area (Å²) in [5.41, 5.74) is 0. The molecule has 0 heterocycles. The van der Waals surface area contributed by atoms with Gasteiger partial charge in [-0.3, -0.25) is 53.1 Å². The Morgan fingerprint density at radius 3 is 0.840 bits per heavy atom. The summed E-state index contributed by atoms with van der Waals surface area (Å²) >= 11 is 0. The molecule has 0 aromatic rings. The molecule has 0 spiro atoms. The Kier molecular flexibility index (Phi) is 70.5. The summed E-state index contributed by atoms with van der Waals surface area (Å²) in [6.07, 6.45) is 58.3. The topological polar surface area (TPSA) is 311 Å². The number of hydrogen-bond acceptors (Lipinski definition) is 17. The second-order valence-corrected chi connectivity index (χ2v) is 30.2. The van der Waals surface area contributed by atoms with Gasteiger partial charge in [-0.1, -0.05) is 336 Å². The number of ether oxygens (including phenoxy) is 5. The van der Waals surface area contributed by atoms with Crippen LogP contribution >= 0.6 is 0 Å². The Balaban J connectivity index is 6.40. The predicted molar refractivity (Wildman–Crippen MR) is 419 cm³/mol. The Hall–Kier alpha value is -5.09. The molecular formula is C84H155N3O19. The maximum Gasteiger partial charge on any atom is 0.508 e. The molecule has 0 amide bonds. The third-order valence-electron chi connectivity index (χ3n) is 20.3. The molecule has 22 nitrogen and oxygen atoms in total. The Morgan fingerprint density at radius 1 is 0.292 bits per heavy atom. The number of carboxylic acids is 5. The number of rotatable bonds is 82. The highest BCUT2D eigenvalue weighted by Gasteiger charge is 2.32. The third kappa shape index (κ3) is 65.9. The van der Waals surface area contributed by atoms with E-state index in [9.17, 15) is 68.7 Å². The molecule has 0 saturated carbocycles. The van der Waals surface area contributed by atoms with Crippen molar-refractivity contribution < 1.29 is 92.4 Å². The fraction of sp³-hybridized carbons (Fsp3) is 0.893. The van der Waals surface area contributed by atoms with E-state index in [1.54, 1.807) is 0 Å². The van der Waals surface area contributed by atoms with E-state index in [1.807, 2.05) is 0 Å². The van der Waals surface area contributed by atoms with Crippen LogP contribution in [0.15, 0.2) is 0 Å². The van der Waals surface area contributed by atoms with E-state index >= 15 is 0 Å². The van der Waals surface area contributed by atoms with Crippen molar-refractivity contribution in [2.45, 2.75) is 393 Å². The molecule has 0 aliphatic carbocycles. The molecule has 5 N–H and O–H groups in total. The molecule has 620 valence electrons. The minimum atomic E-state index is -1.64. The highest BCUT2D eigenvalue weighted by molar-refractivity contribution is 5.81. The van der Waals surface area contributed by atoms with Gasteiger partial charge in [-0.2, -0.15) is 0 Å². The second kappa shape index (κ2) is 74.0. The molecule has 106 heavy (non-hydrogen) atoms. The zero-order valence-electron chi connectivity index (χ0n) is 67.5. The van der Waals surface area contributed by atoms with Crippen LogP contribution in [-0.4, -0.2) is 185 Å². The van der Waals surface area contributed by atoms with Gasteiger partial charge in [0.2, 0.25) is 0 Å². The first kappa shape index (κ1) is 101. The van der Waals surface area contributed by atoms with Crippen LogP contribution in [0.2, 0.25) is 0 Å². The first-order chi connectivity index (χ1) is 51.4. The van der Waals surface area contributed by atoms with Gasteiger partial charge in [-0.25, -0.2) is 4.79 Å². The second-order valence-electron chi connectivity index (χ2n) is 30.2. The Morgan fingerprint density at radius 2 is 0.557 bits per heavy atom. The molecule has 2 unspecified atom stereocenters. The normalized spacial score (nSPS) is 12.2. The third-order valence-corrected chi connectivity index (χ3v) is 20.3. The lowest BCUT2D eigenvalue weighted by molar-refractivity contribution is -0.167. The molecule has 0 aromatic carbocycles. The molecule has 22 heteroatoms. The number of unbranched alkanes of at least 4 members (excludes halogenated alkanes) is 45. The van der Waals surface area contributed by atoms with Crippen LogP contribution in [0.1, 0.15) is 381 Å². The zero-order chi connectivity index (χ0) is 78.1. The Bertz CT molecular complexity index is 2040. The minimum Gasteiger partial charge on any atom is -0.480 e. The van der Waals surface area contributed by atoms with Crippen LogP contribution in [0.4, 0.5) is 4.79 Å². The van der Waals surface area contributed by atoms with Gasteiger partial charge in [-0.15, -0.1) is 0 Å². The highest BCUT2D eigenvalue weighted by atomic mass is 16.7. The van der Waals surface area contributed by atoms with E-state index in [2.05, 4.69) is 27.7 Å². The lowest BCUT2D eigenvalue weighted by Gasteiger charge is -2.32. The zero-order valence-corrected chi connectivity index (χ0v) is 67.5. The number of aliphatic carboxylic acids is 5. The molecule has 0 aliphatic rings. The van der Waals surface area contributed by atoms with Crippen LogP contribution in [0, 0.1) is 11.8 Å². The van der Waals surface area contributed by atoms with Gasteiger partial charge in [0, 0.05) is 26.2 Å². The molecule has 0 bridgehead atoms. The molecule has 0 saturated heterocycles. The van der Waals surface area contributed by atoms with E-state index in [-0.39, 0.29) is 82.6 Å². The van der Waals surface area contributed by atoms with Crippen molar-refractivity contribution in [2.75, 3.05) is 78.8 Å². The minimum absolute atomic E-state index is 0.161. The number of carbonyl (C=O) groups excluding carboxylic acids is 4. The lowest BCUT2D eigenvalue weighted by atomic mass is 9.94. The Labute approximate surface area is 641 Å². The molecule has 2 atom stereocenters. The molecular weight excluding hydrogens is 1350 g/mol. The van der Waals surface area contributed by atoms with Crippen LogP contribution in [-0.2, 0) is 62.0 Å². The van der Waals surface area contributed by atoms with Gasteiger partial charge >= 0.3 is 53.9 Å². The van der Waals surface area contributed by atoms with E-state index in [4.69, 9.17) is 23.7 Å². The van der Waals surface area contributed by atoms with Crippen molar-refractivity contribution in [3.8, 4) is 0 Å². The summed E-state index contributed by atoms with van der Waals surface area (Å²) in [6, 6.07) is -1.64. The first-order valence-corrected chi connectivity index (χ1v) is 43.0. The van der Waals surface area contributed by atoms with E-state index in [0.717, 1.165) is 86.8 Å². The fourth-order valence-electron chi connectivity index (χ4n) is 13.9. The lowest BCUT2D eigenvalue weighted by Crippen LogP contribution is -2.50. The van der Waals surface area contributed by atoms with Crippen molar-refractivity contribution in [3.63, 3.8) is 0 Å². The van der Waals surface area contributed by atoms with Gasteiger partial charge in [0.1, 0.15) is 19.3 Å². The van der Waals surface area contributed by atoms with Crippen LogP contribution in [0.5, 0.6) is 0 Å². The summed E-state index contributed by atoms with van der Waals surface area (Å²) in [5, 5.41) is 47.9. The molecule has 0 radical (unpaired) electrons. The number of carbonyl (C=O) groups is 9. The van der Waals surface area contributed by atoms with E-state index < -0.39 is 93.3 Å². The SMILES string of the molecule is CCCCCCCCCCCCCCC(CCCCCCCCCCCCCC)C(=O)OCC(COC(=O)OCCCCOC(=O)CC(C(=O)O)N(CCN(CC(=O)O)CC(=O)O)CCN(CC(=O)O)CC(=O)O)OC(=O)C(CCCCCCCCCCCCCC)CCCCCCCCCCCCCC. The fourth-order valence-corrected chi connectivity index (χ4v) is 13.9. The van der Waals surface area contributed by atoms with Gasteiger partial charge < -0.3 is 49.2 Å². The van der Waals surface area contributed by atoms with Crippen LogP contribution in [0.25, 0.3) is 0 Å². The van der Waals surface area contributed by atoms with Crippen molar-refractivity contribution in [3.05, 3.63) is 0 Å². The standard InChI is InChI=1S/C84H155N3O19/c1-5-9-13-17-21-25-29-33-37-41-45-49-55-72(56-50-46-42-38-34-30-26-22-18-14-10-6-2)82(99)104-70-74(106-83(100)73(57-51-47-43-39-35-31-27-23-19-15-11-7-3)58-52-48-44-40-36-32-28-24-20-16-12-8-4)71-105-84(101)103-64-54-53-63-102-80(96)65-75(81(97)98)87(61-59-85(66-76(88)89)67-77(90)91)62-60-86(68-78(92)93)69-79(94)95/h72-75H,5-71H2,1-4H3,(H,88,89)(H,90,91)(H,92,93)(H,94,95)(H,97,98). The number of hydrogen-bond donors (Lipinski definition) is 5. The van der Waals surface area contributed by atoms with Gasteiger partial charge in [0.05, 0.1) is 57.6 Å². The quantitative estimate of drug-likeness (QED) is 0.0215. The summed E-state index contributed by atoms with van der Waals surface area (Å²) in [4.78, 5) is 117. The van der Waals surface area contributed by atoms with Crippen LogP contribution in [0.3, 0.4) is 0 Å². The summed E-state index contributed by atoms with van der Waals surface area (Å²) in [6.45, 7) is 3.84.